The third-order valence-corrected chi connectivity index (χ3v) is 4.92. The molecule has 0 aliphatic rings. The van der Waals surface area contributed by atoms with E-state index < -0.39 is 10.0 Å². The Morgan fingerprint density at radius 2 is 1.90 bits per heavy atom. The Labute approximate surface area is 118 Å². The molecule has 0 saturated carbocycles. The average molecular weight is 294 g/mol. The molecule has 0 fully saturated rings. The number of nitrogens with two attached hydrogens (primary N) is 1. The maximum absolute atomic E-state index is 12.6. The molecule has 0 unspecified atom stereocenters. The molecule has 0 aliphatic carbocycles. The molecule has 0 amide bonds. The Kier molecular flexibility index (Phi) is 3.71. The molecule has 0 saturated heterocycles. The molecule has 2 aromatic rings. The quantitative estimate of drug-likeness (QED) is 0.929. The number of nitrogens with zero attached hydrogens (tertiary/aromatic N) is 3. The van der Waals surface area contributed by atoms with E-state index in [4.69, 9.17) is 5.73 Å². The van der Waals surface area contributed by atoms with Gasteiger partial charge >= 0.3 is 0 Å². The van der Waals surface area contributed by atoms with Crippen LogP contribution >= 0.6 is 0 Å². The van der Waals surface area contributed by atoms with Crippen molar-refractivity contribution in [2.45, 2.75) is 25.3 Å². The van der Waals surface area contributed by atoms with Crippen LogP contribution < -0.4 is 10.0 Å². The SMILES string of the molecule is CCn1cc(S(=O)(=O)N(C)c2ccc(C)cc2)c(N)n1. The molecule has 0 spiro atoms. The molecular weight excluding hydrogens is 276 g/mol. The summed E-state index contributed by atoms with van der Waals surface area (Å²) in [5.74, 6) is 0.0193. The van der Waals surface area contributed by atoms with Crippen LogP contribution in [0.5, 0.6) is 0 Å². The summed E-state index contributed by atoms with van der Waals surface area (Å²) in [6.45, 7) is 4.38. The van der Waals surface area contributed by atoms with Crippen LogP contribution in [0.15, 0.2) is 35.4 Å². The highest BCUT2D eigenvalue weighted by Gasteiger charge is 2.26. The van der Waals surface area contributed by atoms with Gasteiger partial charge in [-0.1, -0.05) is 17.7 Å². The van der Waals surface area contributed by atoms with E-state index in [1.165, 1.54) is 22.2 Å². The summed E-state index contributed by atoms with van der Waals surface area (Å²) in [7, 11) is -2.20. The number of nitrogen functional groups attached to an aromatic ring is 1. The minimum atomic E-state index is -3.70. The number of hydrogen-bond acceptors (Lipinski definition) is 4. The maximum atomic E-state index is 12.6. The van der Waals surface area contributed by atoms with Crippen molar-refractivity contribution in [3.8, 4) is 0 Å². The van der Waals surface area contributed by atoms with Gasteiger partial charge in [-0.2, -0.15) is 5.10 Å². The summed E-state index contributed by atoms with van der Waals surface area (Å²) in [5.41, 5.74) is 7.36. The van der Waals surface area contributed by atoms with Crippen molar-refractivity contribution in [2.24, 2.45) is 0 Å². The first-order chi connectivity index (χ1) is 9.36. The van der Waals surface area contributed by atoms with Crippen LogP contribution in [0.25, 0.3) is 0 Å². The first kappa shape index (κ1) is 14.4. The van der Waals surface area contributed by atoms with Crippen molar-refractivity contribution in [1.29, 1.82) is 0 Å². The smallest absolute Gasteiger partial charge is 0.269 e. The van der Waals surface area contributed by atoms with E-state index in [0.717, 1.165) is 5.56 Å². The van der Waals surface area contributed by atoms with Crippen LogP contribution in [0.2, 0.25) is 0 Å². The summed E-state index contributed by atoms with van der Waals surface area (Å²) >= 11 is 0. The fourth-order valence-corrected chi connectivity index (χ4v) is 3.07. The van der Waals surface area contributed by atoms with E-state index in [-0.39, 0.29) is 10.7 Å². The van der Waals surface area contributed by atoms with Crippen LogP contribution in [-0.2, 0) is 16.6 Å². The average Bonchev–Trinajstić information content (AvgIpc) is 2.81. The predicted octanol–water partition coefficient (Wildman–Crippen LogP) is 1.62. The molecule has 0 aliphatic heterocycles. The lowest BCUT2D eigenvalue weighted by atomic mass is 10.2. The number of rotatable bonds is 4. The summed E-state index contributed by atoms with van der Waals surface area (Å²) in [5, 5.41) is 3.97. The Bertz CT molecular complexity index is 704. The van der Waals surface area contributed by atoms with Gasteiger partial charge in [-0.15, -0.1) is 0 Å². The number of aryl methyl sites for hydroxylation is 2. The Hall–Kier alpha value is -2.02. The first-order valence-electron chi connectivity index (χ1n) is 6.24. The highest BCUT2D eigenvalue weighted by atomic mass is 32.2. The summed E-state index contributed by atoms with van der Waals surface area (Å²) in [6.07, 6.45) is 1.45. The third kappa shape index (κ3) is 2.49. The van der Waals surface area contributed by atoms with Crippen LogP contribution in [0, 0.1) is 6.92 Å². The standard InChI is InChI=1S/C13H18N4O2S/c1-4-17-9-12(13(14)15-17)20(18,19)16(3)11-7-5-10(2)6-8-11/h5-9H,4H2,1-3H3,(H2,14,15). The number of hydrogen-bond donors (Lipinski definition) is 1. The molecule has 2 N–H and O–H groups in total. The number of sulfonamides is 1. The maximum Gasteiger partial charge on any atom is 0.269 e. The van der Waals surface area contributed by atoms with Gasteiger partial charge in [0.25, 0.3) is 10.0 Å². The molecule has 2 rings (SSSR count). The van der Waals surface area contributed by atoms with Gasteiger partial charge in [0.15, 0.2) is 5.82 Å². The highest BCUT2D eigenvalue weighted by molar-refractivity contribution is 7.93. The Balaban J connectivity index is 2.43. The van der Waals surface area contributed by atoms with E-state index >= 15 is 0 Å². The molecule has 108 valence electrons. The van der Waals surface area contributed by atoms with Crippen molar-refractivity contribution < 1.29 is 8.42 Å². The van der Waals surface area contributed by atoms with Gasteiger partial charge in [0.2, 0.25) is 0 Å². The van der Waals surface area contributed by atoms with E-state index in [1.807, 2.05) is 26.0 Å². The van der Waals surface area contributed by atoms with E-state index in [2.05, 4.69) is 5.10 Å². The van der Waals surface area contributed by atoms with Crippen molar-refractivity contribution in [3.05, 3.63) is 36.0 Å². The van der Waals surface area contributed by atoms with Gasteiger partial charge < -0.3 is 5.73 Å². The molecule has 20 heavy (non-hydrogen) atoms. The van der Waals surface area contributed by atoms with Gasteiger partial charge in [0.1, 0.15) is 4.90 Å². The molecule has 1 heterocycles. The lowest BCUT2D eigenvalue weighted by Crippen LogP contribution is -2.26. The second-order valence-corrected chi connectivity index (χ2v) is 6.48. The molecule has 0 radical (unpaired) electrons. The van der Waals surface area contributed by atoms with E-state index in [0.29, 0.717) is 12.2 Å². The first-order valence-corrected chi connectivity index (χ1v) is 7.68. The summed E-state index contributed by atoms with van der Waals surface area (Å²) in [4.78, 5) is 0.0300. The topological polar surface area (TPSA) is 81.2 Å². The fraction of sp³-hybridized carbons (Fsp3) is 0.308. The molecular formula is C13H18N4O2S. The van der Waals surface area contributed by atoms with Crippen molar-refractivity contribution in [2.75, 3.05) is 17.1 Å². The second kappa shape index (κ2) is 5.16. The van der Waals surface area contributed by atoms with Crippen LogP contribution in [-0.4, -0.2) is 25.2 Å². The van der Waals surface area contributed by atoms with Crippen LogP contribution in [0.1, 0.15) is 12.5 Å². The van der Waals surface area contributed by atoms with Crippen LogP contribution in [0.4, 0.5) is 11.5 Å². The van der Waals surface area contributed by atoms with E-state index in [1.54, 1.807) is 12.1 Å². The normalized spacial score (nSPS) is 11.6. The third-order valence-electron chi connectivity index (χ3n) is 3.11. The van der Waals surface area contributed by atoms with Crippen molar-refractivity contribution in [1.82, 2.24) is 9.78 Å². The molecule has 0 atom stereocenters. The van der Waals surface area contributed by atoms with Gasteiger partial charge in [-0.05, 0) is 26.0 Å². The fourth-order valence-electron chi connectivity index (χ4n) is 1.82. The minimum Gasteiger partial charge on any atom is -0.381 e. The number of aromatic nitrogens is 2. The lowest BCUT2D eigenvalue weighted by molar-refractivity contribution is 0.594. The van der Waals surface area contributed by atoms with Crippen molar-refractivity contribution in [3.63, 3.8) is 0 Å². The predicted molar refractivity (Wildman–Crippen MR) is 79.1 cm³/mol. The zero-order valence-electron chi connectivity index (χ0n) is 11.7. The molecule has 1 aromatic carbocycles. The largest absolute Gasteiger partial charge is 0.381 e. The van der Waals surface area contributed by atoms with Gasteiger partial charge in [-0.3, -0.25) is 8.99 Å². The minimum absolute atomic E-state index is 0.0193. The Morgan fingerprint density at radius 1 is 1.30 bits per heavy atom. The van der Waals surface area contributed by atoms with E-state index in [9.17, 15) is 8.42 Å². The zero-order chi connectivity index (χ0) is 14.9. The number of anilines is 2. The second-order valence-electron chi connectivity index (χ2n) is 4.54. The zero-order valence-corrected chi connectivity index (χ0v) is 12.6. The van der Waals surface area contributed by atoms with Crippen molar-refractivity contribution >= 4 is 21.5 Å². The van der Waals surface area contributed by atoms with Gasteiger partial charge in [0.05, 0.1) is 5.69 Å². The monoisotopic (exact) mass is 294 g/mol. The molecule has 6 nitrogen and oxygen atoms in total. The van der Waals surface area contributed by atoms with Gasteiger partial charge in [0, 0.05) is 19.8 Å². The Morgan fingerprint density at radius 3 is 2.40 bits per heavy atom. The molecule has 1 aromatic heterocycles. The van der Waals surface area contributed by atoms with Gasteiger partial charge in [-0.25, -0.2) is 8.42 Å². The van der Waals surface area contributed by atoms with Crippen LogP contribution in [0.3, 0.4) is 0 Å². The summed E-state index contributed by atoms with van der Waals surface area (Å²) in [6, 6.07) is 7.24. The number of benzene rings is 1. The summed E-state index contributed by atoms with van der Waals surface area (Å²) < 4.78 is 27.8. The lowest BCUT2D eigenvalue weighted by Gasteiger charge is -2.18. The molecule has 7 heteroatoms. The highest BCUT2D eigenvalue weighted by Crippen LogP contribution is 2.25. The molecule has 0 bridgehead atoms.